The van der Waals surface area contributed by atoms with Crippen LogP contribution in [0.15, 0.2) is 51.8 Å². The standard InChI is InChI=1S/C21H25BrN2O4S/c1-28-20-10-9-18(29(26,27)24-11-4-2-3-5-12-24)15-19(20)23-21(25)14-16-7-6-8-17(22)13-16/h6-10,13,15H,2-5,11-12,14H2,1H3,(H,23,25). The van der Waals surface area contributed by atoms with Crippen molar-refractivity contribution in [2.24, 2.45) is 0 Å². The minimum absolute atomic E-state index is 0.165. The Balaban J connectivity index is 1.82. The number of rotatable bonds is 6. The van der Waals surface area contributed by atoms with Crippen LogP contribution in [0.5, 0.6) is 5.75 Å². The number of nitrogens with zero attached hydrogens (tertiary/aromatic N) is 1. The first-order valence-corrected chi connectivity index (χ1v) is 11.9. The number of sulfonamides is 1. The van der Waals surface area contributed by atoms with E-state index in [-0.39, 0.29) is 17.2 Å². The van der Waals surface area contributed by atoms with Crippen LogP contribution in [0.2, 0.25) is 0 Å². The number of nitrogens with one attached hydrogen (secondary N) is 1. The Bertz CT molecular complexity index is 970. The number of benzene rings is 2. The van der Waals surface area contributed by atoms with Crippen LogP contribution in [-0.2, 0) is 21.2 Å². The molecule has 1 aliphatic rings. The molecule has 0 atom stereocenters. The van der Waals surface area contributed by atoms with Gasteiger partial charge in [0.15, 0.2) is 0 Å². The number of amides is 1. The number of hydrogen-bond acceptors (Lipinski definition) is 4. The van der Waals surface area contributed by atoms with Crippen molar-refractivity contribution < 1.29 is 17.9 Å². The molecule has 3 rings (SSSR count). The van der Waals surface area contributed by atoms with Crippen molar-refractivity contribution in [3.63, 3.8) is 0 Å². The molecule has 2 aromatic carbocycles. The molecule has 156 valence electrons. The summed E-state index contributed by atoms with van der Waals surface area (Å²) in [6.45, 7) is 1.05. The fraction of sp³-hybridized carbons (Fsp3) is 0.381. The highest BCUT2D eigenvalue weighted by Crippen LogP contribution is 2.30. The minimum atomic E-state index is -3.61. The van der Waals surface area contributed by atoms with Crippen LogP contribution in [-0.4, -0.2) is 38.8 Å². The highest BCUT2D eigenvalue weighted by Gasteiger charge is 2.26. The van der Waals surface area contributed by atoms with E-state index in [9.17, 15) is 13.2 Å². The first-order valence-electron chi connectivity index (χ1n) is 9.62. The third kappa shape index (κ3) is 5.58. The Morgan fingerprint density at radius 1 is 1.10 bits per heavy atom. The lowest BCUT2D eigenvalue weighted by molar-refractivity contribution is -0.115. The zero-order chi connectivity index (χ0) is 20.9. The van der Waals surface area contributed by atoms with E-state index in [1.54, 1.807) is 6.07 Å². The second kappa shape index (κ2) is 9.73. The molecule has 0 spiro atoms. The van der Waals surface area contributed by atoms with Crippen molar-refractivity contribution in [3.8, 4) is 5.75 Å². The number of ether oxygens (including phenoxy) is 1. The molecule has 0 radical (unpaired) electrons. The molecule has 0 unspecified atom stereocenters. The van der Waals surface area contributed by atoms with E-state index in [1.165, 1.54) is 23.5 Å². The fourth-order valence-electron chi connectivity index (χ4n) is 3.40. The summed E-state index contributed by atoms with van der Waals surface area (Å²) < 4.78 is 33.9. The summed E-state index contributed by atoms with van der Waals surface area (Å²) in [7, 11) is -2.12. The molecular formula is C21H25BrN2O4S. The smallest absolute Gasteiger partial charge is 0.243 e. The van der Waals surface area contributed by atoms with Crippen molar-refractivity contribution in [2.75, 3.05) is 25.5 Å². The highest BCUT2D eigenvalue weighted by molar-refractivity contribution is 9.10. The quantitative estimate of drug-likeness (QED) is 0.671. The molecule has 6 nitrogen and oxygen atoms in total. The maximum atomic E-state index is 13.1. The van der Waals surface area contributed by atoms with Gasteiger partial charge in [-0.1, -0.05) is 40.9 Å². The molecule has 0 bridgehead atoms. The van der Waals surface area contributed by atoms with Gasteiger partial charge >= 0.3 is 0 Å². The number of halogens is 1. The van der Waals surface area contributed by atoms with Crippen LogP contribution >= 0.6 is 15.9 Å². The van der Waals surface area contributed by atoms with E-state index in [2.05, 4.69) is 21.2 Å². The first kappa shape index (κ1) is 21.8. The second-order valence-corrected chi connectivity index (χ2v) is 9.89. The third-order valence-electron chi connectivity index (χ3n) is 4.90. The summed E-state index contributed by atoms with van der Waals surface area (Å²) in [4.78, 5) is 12.7. The second-order valence-electron chi connectivity index (χ2n) is 7.04. The molecule has 8 heteroatoms. The SMILES string of the molecule is COc1ccc(S(=O)(=O)N2CCCCCC2)cc1NC(=O)Cc1cccc(Br)c1. The summed E-state index contributed by atoms with van der Waals surface area (Å²) in [6.07, 6.45) is 4.00. The van der Waals surface area contributed by atoms with Crippen molar-refractivity contribution in [2.45, 2.75) is 37.0 Å². The van der Waals surface area contributed by atoms with Crippen LogP contribution in [0, 0.1) is 0 Å². The zero-order valence-corrected chi connectivity index (χ0v) is 18.8. The van der Waals surface area contributed by atoms with E-state index >= 15 is 0 Å². The Morgan fingerprint density at radius 2 is 1.83 bits per heavy atom. The zero-order valence-electron chi connectivity index (χ0n) is 16.4. The molecular weight excluding hydrogens is 456 g/mol. The van der Waals surface area contributed by atoms with Crippen molar-refractivity contribution in [1.29, 1.82) is 0 Å². The van der Waals surface area contributed by atoms with Crippen molar-refractivity contribution in [3.05, 3.63) is 52.5 Å². The molecule has 1 amide bonds. The third-order valence-corrected chi connectivity index (χ3v) is 7.29. The number of methoxy groups -OCH3 is 1. The van der Waals surface area contributed by atoms with E-state index < -0.39 is 10.0 Å². The van der Waals surface area contributed by atoms with Gasteiger partial charge in [-0.2, -0.15) is 4.31 Å². The van der Waals surface area contributed by atoms with Crippen LogP contribution in [0.3, 0.4) is 0 Å². The molecule has 0 saturated carbocycles. The lowest BCUT2D eigenvalue weighted by Gasteiger charge is -2.21. The molecule has 1 saturated heterocycles. The number of carbonyl (C=O) groups excluding carboxylic acids is 1. The Kier molecular flexibility index (Phi) is 7.32. The average molecular weight is 481 g/mol. The Morgan fingerprint density at radius 3 is 2.48 bits per heavy atom. The molecule has 0 aliphatic carbocycles. The van der Waals surface area contributed by atoms with E-state index in [0.717, 1.165) is 35.7 Å². The Labute approximate surface area is 180 Å². The number of carbonyl (C=O) groups is 1. The van der Waals surface area contributed by atoms with Crippen LogP contribution in [0.1, 0.15) is 31.2 Å². The maximum absolute atomic E-state index is 13.1. The normalized spacial score (nSPS) is 15.5. The topological polar surface area (TPSA) is 75.7 Å². The molecule has 1 N–H and O–H groups in total. The molecule has 2 aromatic rings. The predicted molar refractivity (Wildman–Crippen MR) is 117 cm³/mol. The van der Waals surface area contributed by atoms with E-state index in [1.807, 2.05) is 24.3 Å². The van der Waals surface area contributed by atoms with Gasteiger partial charge in [0.2, 0.25) is 15.9 Å². The monoisotopic (exact) mass is 480 g/mol. The van der Waals surface area contributed by atoms with Gasteiger partial charge in [-0.05, 0) is 48.7 Å². The summed E-state index contributed by atoms with van der Waals surface area (Å²) in [6, 6.07) is 12.1. The van der Waals surface area contributed by atoms with Gasteiger partial charge in [-0.3, -0.25) is 4.79 Å². The van der Waals surface area contributed by atoms with E-state index in [0.29, 0.717) is 24.5 Å². The molecule has 1 fully saturated rings. The first-order chi connectivity index (χ1) is 13.9. The number of hydrogen-bond donors (Lipinski definition) is 1. The lowest BCUT2D eigenvalue weighted by Crippen LogP contribution is -2.32. The largest absolute Gasteiger partial charge is 0.495 e. The van der Waals surface area contributed by atoms with Crippen molar-refractivity contribution >= 4 is 37.5 Å². The molecule has 1 aliphatic heterocycles. The summed E-state index contributed by atoms with van der Waals surface area (Å²) in [5.41, 5.74) is 1.20. The summed E-state index contributed by atoms with van der Waals surface area (Å²) in [5, 5.41) is 2.79. The highest BCUT2D eigenvalue weighted by atomic mass is 79.9. The number of anilines is 1. The van der Waals surface area contributed by atoms with Gasteiger partial charge < -0.3 is 10.1 Å². The molecule has 0 aromatic heterocycles. The van der Waals surface area contributed by atoms with Gasteiger partial charge in [0.25, 0.3) is 0 Å². The van der Waals surface area contributed by atoms with Crippen LogP contribution < -0.4 is 10.1 Å². The van der Waals surface area contributed by atoms with Crippen LogP contribution in [0.4, 0.5) is 5.69 Å². The predicted octanol–water partition coefficient (Wildman–Crippen LogP) is 4.20. The lowest BCUT2D eigenvalue weighted by atomic mass is 10.1. The summed E-state index contributed by atoms with van der Waals surface area (Å²) >= 11 is 3.39. The van der Waals surface area contributed by atoms with Gasteiger partial charge in [0.05, 0.1) is 24.1 Å². The van der Waals surface area contributed by atoms with Gasteiger partial charge in [-0.25, -0.2) is 8.42 Å². The maximum Gasteiger partial charge on any atom is 0.243 e. The van der Waals surface area contributed by atoms with Gasteiger partial charge in [-0.15, -0.1) is 0 Å². The Hall–Kier alpha value is -1.90. The van der Waals surface area contributed by atoms with Crippen molar-refractivity contribution in [1.82, 2.24) is 4.31 Å². The molecule has 1 heterocycles. The van der Waals surface area contributed by atoms with Gasteiger partial charge in [0, 0.05) is 17.6 Å². The fourth-order valence-corrected chi connectivity index (χ4v) is 5.39. The average Bonchev–Trinajstić information content (AvgIpc) is 2.98. The van der Waals surface area contributed by atoms with E-state index in [4.69, 9.17) is 4.74 Å². The minimum Gasteiger partial charge on any atom is -0.495 e. The van der Waals surface area contributed by atoms with Gasteiger partial charge in [0.1, 0.15) is 5.75 Å². The van der Waals surface area contributed by atoms with Crippen LogP contribution in [0.25, 0.3) is 0 Å². The molecule has 29 heavy (non-hydrogen) atoms. The summed E-state index contributed by atoms with van der Waals surface area (Å²) in [5.74, 6) is 0.174.